The number of amides is 2. The molecule has 0 bridgehead atoms. The summed E-state index contributed by atoms with van der Waals surface area (Å²) in [4.78, 5) is 30.1. The predicted octanol–water partition coefficient (Wildman–Crippen LogP) is 4.08. The Kier molecular flexibility index (Phi) is 4.60. The molecule has 1 aromatic heterocycles. The number of aromatic nitrogens is 1. The summed E-state index contributed by atoms with van der Waals surface area (Å²) >= 11 is 11.9. The summed E-state index contributed by atoms with van der Waals surface area (Å²) in [6.45, 7) is 2.33. The molecule has 1 fully saturated rings. The number of imide groups is 1. The van der Waals surface area contributed by atoms with E-state index in [0.717, 1.165) is 31.3 Å². The van der Waals surface area contributed by atoms with Crippen molar-refractivity contribution in [3.63, 3.8) is 0 Å². The van der Waals surface area contributed by atoms with Crippen molar-refractivity contribution in [3.05, 3.63) is 33.6 Å². The minimum atomic E-state index is -0.585. The molecule has 2 amide bonds. The molecule has 0 aromatic carbocycles. The first-order valence-electron chi connectivity index (χ1n) is 7.60. The van der Waals surface area contributed by atoms with Crippen LogP contribution in [0.3, 0.4) is 0 Å². The fourth-order valence-electron chi connectivity index (χ4n) is 2.86. The smallest absolute Gasteiger partial charge is 0.417 e. The Morgan fingerprint density at radius 3 is 2.83 bits per heavy atom. The quantitative estimate of drug-likeness (QED) is 0.603. The van der Waals surface area contributed by atoms with E-state index in [1.54, 1.807) is 12.1 Å². The van der Waals surface area contributed by atoms with Gasteiger partial charge in [-0.05, 0) is 37.0 Å². The van der Waals surface area contributed by atoms with Crippen LogP contribution in [0.15, 0.2) is 17.7 Å². The van der Waals surface area contributed by atoms with Crippen LogP contribution in [0.4, 0.5) is 4.79 Å². The van der Waals surface area contributed by atoms with E-state index in [9.17, 15) is 9.59 Å². The van der Waals surface area contributed by atoms with Crippen molar-refractivity contribution in [2.24, 2.45) is 0 Å². The van der Waals surface area contributed by atoms with Gasteiger partial charge in [0.1, 0.15) is 10.3 Å². The van der Waals surface area contributed by atoms with Gasteiger partial charge in [-0.25, -0.2) is 14.7 Å². The molecule has 1 atom stereocenters. The van der Waals surface area contributed by atoms with Crippen molar-refractivity contribution < 1.29 is 14.3 Å². The van der Waals surface area contributed by atoms with Crippen LogP contribution in [0.2, 0.25) is 10.3 Å². The maximum Gasteiger partial charge on any atom is 0.417 e. The van der Waals surface area contributed by atoms with Crippen LogP contribution in [0.5, 0.6) is 0 Å². The zero-order chi connectivity index (χ0) is 16.6. The second kappa shape index (κ2) is 6.49. The van der Waals surface area contributed by atoms with Gasteiger partial charge in [-0.3, -0.25) is 4.79 Å². The van der Waals surface area contributed by atoms with Gasteiger partial charge in [0.2, 0.25) is 0 Å². The second-order valence-corrected chi connectivity index (χ2v) is 6.32. The lowest BCUT2D eigenvalue weighted by Crippen LogP contribution is -2.44. The van der Waals surface area contributed by atoms with Crippen molar-refractivity contribution in [1.82, 2.24) is 9.88 Å². The monoisotopic (exact) mass is 354 g/mol. The minimum Gasteiger partial charge on any atom is -0.449 e. The van der Waals surface area contributed by atoms with Crippen LogP contribution in [0.1, 0.15) is 38.2 Å². The molecular formula is C16H16Cl2N2O3. The van der Waals surface area contributed by atoms with Crippen LogP contribution in [-0.4, -0.2) is 34.5 Å². The number of pyridine rings is 1. The van der Waals surface area contributed by atoms with Gasteiger partial charge in [0.15, 0.2) is 0 Å². The van der Waals surface area contributed by atoms with E-state index in [1.807, 2.05) is 6.92 Å². The lowest BCUT2D eigenvalue weighted by atomic mass is 9.84. The number of unbranched alkanes of at least 4 members (excludes halogenated alkanes) is 1. The van der Waals surface area contributed by atoms with Crippen LogP contribution in [0, 0.1) is 0 Å². The SMILES string of the molecule is CCCCOC(=O)N1C(=O)C(c2ccc(Cl)nc2Cl)=C2CCC21. The van der Waals surface area contributed by atoms with Crippen molar-refractivity contribution >= 4 is 40.8 Å². The third-order valence-electron chi connectivity index (χ3n) is 4.16. The highest BCUT2D eigenvalue weighted by Crippen LogP contribution is 2.45. The molecule has 0 saturated heterocycles. The van der Waals surface area contributed by atoms with Crippen LogP contribution in [-0.2, 0) is 9.53 Å². The zero-order valence-electron chi connectivity index (χ0n) is 12.6. The Labute approximate surface area is 144 Å². The number of nitrogens with zero attached hydrogens (tertiary/aromatic N) is 2. The molecule has 2 aliphatic rings. The number of hydrogen-bond acceptors (Lipinski definition) is 4. The predicted molar refractivity (Wildman–Crippen MR) is 87.3 cm³/mol. The molecule has 1 aromatic rings. The van der Waals surface area contributed by atoms with E-state index in [0.29, 0.717) is 17.7 Å². The highest BCUT2D eigenvalue weighted by Gasteiger charge is 2.48. The van der Waals surface area contributed by atoms with E-state index >= 15 is 0 Å². The molecule has 7 heteroatoms. The molecule has 3 rings (SSSR count). The van der Waals surface area contributed by atoms with Crippen molar-refractivity contribution in [3.8, 4) is 0 Å². The third kappa shape index (κ3) is 2.83. The summed E-state index contributed by atoms with van der Waals surface area (Å²) in [6, 6.07) is 3.04. The number of rotatable bonds is 4. The van der Waals surface area contributed by atoms with Crippen molar-refractivity contribution in [2.75, 3.05) is 6.61 Å². The third-order valence-corrected chi connectivity index (χ3v) is 4.66. The largest absolute Gasteiger partial charge is 0.449 e. The van der Waals surface area contributed by atoms with Gasteiger partial charge in [-0.15, -0.1) is 0 Å². The molecular weight excluding hydrogens is 339 g/mol. The molecule has 2 heterocycles. The number of carbonyl (C=O) groups is 2. The minimum absolute atomic E-state index is 0.167. The number of hydrogen-bond donors (Lipinski definition) is 0. The number of ether oxygens (including phenoxy) is 1. The summed E-state index contributed by atoms with van der Waals surface area (Å²) in [5, 5.41) is 0.427. The van der Waals surface area contributed by atoms with E-state index in [-0.39, 0.29) is 22.3 Å². The maximum absolute atomic E-state index is 12.7. The molecule has 122 valence electrons. The number of carbonyl (C=O) groups excluding carboxylic acids is 2. The Bertz CT molecular complexity index is 703. The Morgan fingerprint density at radius 1 is 1.43 bits per heavy atom. The molecule has 1 unspecified atom stereocenters. The van der Waals surface area contributed by atoms with Crippen LogP contribution >= 0.6 is 23.2 Å². The fraction of sp³-hybridized carbons (Fsp3) is 0.438. The number of fused-ring (bicyclic) bond motifs is 1. The van der Waals surface area contributed by atoms with Crippen LogP contribution < -0.4 is 0 Å². The molecule has 0 spiro atoms. The summed E-state index contributed by atoms with van der Waals surface area (Å²) in [5.41, 5.74) is 1.90. The normalized spacial score (nSPS) is 19.7. The Balaban J connectivity index is 1.86. The molecule has 23 heavy (non-hydrogen) atoms. The van der Waals surface area contributed by atoms with Gasteiger partial charge in [-0.2, -0.15) is 0 Å². The zero-order valence-corrected chi connectivity index (χ0v) is 14.2. The van der Waals surface area contributed by atoms with Gasteiger partial charge < -0.3 is 4.74 Å². The maximum atomic E-state index is 12.7. The fourth-order valence-corrected chi connectivity index (χ4v) is 3.30. The van der Waals surface area contributed by atoms with Gasteiger partial charge >= 0.3 is 6.09 Å². The highest BCUT2D eigenvalue weighted by molar-refractivity contribution is 6.36. The summed E-state index contributed by atoms with van der Waals surface area (Å²) in [6.07, 6.45) is 2.64. The molecule has 1 aliphatic heterocycles. The van der Waals surface area contributed by atoms with E-state index in [4.69, 9.17) is 27.9 Å². The summed E-state index contributed by atoms with van der Waals surface area (Å²) in [7, 11) is 0. The number of halogens is 2. The molecule has 0 radical (unpaired) electrons. The molecule has 1 saturated carbocycles. The topological polar surface area (TPSA) is 59.5 Å². The van der Waals surface area contributed by atoms with Gasteiger partial charge in [0.05, 0.1) is 18.2 Å². The second-order valence-electron chi connectivity index (χ2n) is 5.57. The Morgan fingerprint density at radius 2 is 2.22 bits per heavy atom. The van der Waals surface area contributed by atoms with Crippen LogP contribution in [0.25, 0.3) is 5.57 Å². The van der Waals surface area contributed by atoms with E-state index < -0.39 is 6.09 Å². The van der Waals surface area contributed by atoms with Crippen molar-refractivity contribution in [1.29, 1.82) is 0 Å². The summed E-state index contributed by atoms with van der Waals surface area (Å²) in [5.74, 6) is -0.366. The average molecular weight is 355 g/mol. The van der Waals surface area contributed by atoms with Gasteiger partial charge in [0, 0.05) is 5.56 Å². The first-order valence-corrected chi connectivity index (χ1v) is 8.36. The van der Waals surface area contributed by atoms with E-state index in [1.165, 1.54) is 4.90 Å². The molecule has 1 aliphatic carbocycles. The molecule has 0 N–H and O–H groups in total. The lowest BCUT2D eigenvalue weighted by Gasteiger charge is -2.31. The first kappa shape index (κ1) is 16.3. The summed E-state index contributed by atoms with van der Waals surface area (Å²) < 4.78 is 5.19. The average Bonchev–Trinajstić information content (AvgIpc) is 2.67. The van der Waals surface area contributed by atoms with Crippen molar-refractivity contribution in [2.45, 2.75) is 38.6 Å². The lowest BCUT2D eigenvalue weighted by molar-refractivity contribution is -0.124. The van der Waals surface area contributed by atoms with Gasteiger partial charge in [0.25, 0.3) is 5.91 Å². The molecule has 5 nitrogen and oxygen atoms in total. The first-order chi connectivity index (χ1) is 11.0. The standard InChI is InChI=1S/C16H16Cl2N2O3/c1-2-3-8-23-16(22)20-11-6-4-9(11)13(15(20)21)10-5-7-12(17)19-14(10)18/h5,7,11H,2-4,6,8H2,1H3. The van der Waals surface area contributed by atoms with Gasteiger partial charge in [-0.1, -0.05) is 36.5 Å². The van der Waals surface area contributed by atoms with E-state index in [2.05, 4.69) is 4.98 Å². The highest BCUT2D eigenvalue weighted by atomic mass is 35.5. The Hall–Kier alpha value is -1.59.